The van der Waals surface area contributed by atoms with E-state index in [1.807, 2.05) is 50.2 Å². The minimum Gasteiger partial charge on any atom is -0.467 e. The van der Waals surface area contributed by atoms with Gasteiger partial charge in [-0.25, -0.2) is 4.79 Å². The summed E-state index contributed by atoms with van der Waals surface area (Å²) in [7, 11) is 0. The first kappa shape index (κ1) is 21.3. The number of ether oxygens (including phenoxy) is 3. The molecule has 3 heterocycles. The van der Waals surface area contributed by atoms with Crippen LogP contribution in [0.2, 0.25) is 0 Å². The van der Waals surface area contributed by atoms with E-state index in [4.69, 9.17) is 14.2 Å². The summed E-state index contributed by atoms with van der Waals surface area (Å²) in [6, 6.07) is 18.2. The van der Waals surface area contributed by atoms with Crippen LogP contribution < -0.4 is 29.7 Å². The third-order valence-corrected chi connectivity index (χ3v) is 6.68. The molecule has 2 atom stereocenters. The molecule has 1 fully saturated rings. The lowest BCUT2D eigenvalue weighted by molar-refractivity contribution is 0.0378. The molecule has 178 valence electrons. The maximum atomic E-state index is 13.2. The Morgan fingerprint density at radius 3 is 2.80 bits per heavy atom. The van der Waals surface area contributed by atoms with Crippen LogP contribution in [0.4, 0.5) is 10.5 Å². The van der Waals surface area contributed by atoms with E-state index in [9.17, 15) is 9.59 Å². The Bertz CT molecular complexity index is 1360. The van der Waals surface area contributed by atoms with Gasteiger partial charge >= 0.3 is 6.03 Å². The van der Waals surface area contributed by atoms with Crippen LogP contribution in [0.5, 0.6) is 17.2 Å². The van der Waals surface area contributed by atoms with E-state index < -0.39 is 5.72 Å². The highest BCUT2D eigenvalue weighted by molar-refractivity contribution is 5.99. The summed E-state index contributed by atoms with van der Waals surface area (Å²) in [4.78, 5) is 27.7. The normalized spacial score (nSPS) is 21.6. The fraction of sp³-hybridized carbons (Fsp3) is 0.259. The molecule has 2 bridgehead atoms. The van der Waals surface area contributed by atoms with Crippen molar-refractivity contribution >= 4 is 17.6 Å². The summed E-state index contributed by atoms with van der Waals surface area (Å²) in [5, 5.41) is 6.04. The zero-order valence-electron chi connectivity index (χ0n) is 19.5. The summed E-state index contributed by atoms with van der Waals surface area (Å²) in [5.41, 5.74) is 3.18. The van der Waals surface area contributed by atoms with Crippen molar-refractivity contribution in [1.82, 2.24) is 10.6 Å². The van der Waals surface area contributed by atoms with E-state index in [-0.39, 0.29) is 24.8 Å². The minimum absolute atomic E-state index is 0.124. The number of urea groups is 1. The van der Waals surface area contributed by atoms with Gasteiger partial charge in [-0.15, -0.1) is 0 Å². The molecule has 3 aromatic carbocycles. The number of carbonyl (C=O) groups excluding carboxylic acids is 2. The first-order chi connectivity index (χ1) is 16.9. The first-order valence-corrected chi connectivity index (χ1v) is 11.6. The van der Waals surface area contributed by atoms with Gasteiger partial charge in [0.1, 0.15) is 5.75 Å². The van der Waals surface area contributed by atoms with Gasteiger partial charge in [-0.1, -0.05) is 29.8 Å². The Labute approximate surface area is 202 Å². The third-order valence-electron chi connectivity index (χ3n) is 6.68. The quantitative estimate of drug-likeness (QED) is 0.588. The van der Waals surface area contributed by atoms with E-state index in [1.165, 1.54) is 0 Å². The Morgan fingerprint density at radius 2 is 1.91 bits per heavy atom. The van der Waals surface area contributed by atoms with Gasteiger partial charge in [0.2, 0.25) is 6.79 Å². The van der Waals surface area contributed by atoms with Crippen molar-refractivity contribution in [3.8, 4) is 17.2 Å². The fourth-order valence-electron chi connectivity index (χ4n) is 5.01. The highest BCUT2D eigenvalue weighted by Gasteiger charge is 2.49. The zero-order chi connectivity index (χ0) is 24.2. The third kappa shape index (κ3) is 3.71. The van der Waals surface area contributed by atoms with Gasteiger partial charge in [-0.2, -0.15) is 0 Å². The Hall–Kier alpha value is -4.20. The number of rotatable bonds is 4. The summed E-state index contributed by atoms with van der Waals surface area (Å²) in [5.74, 6) is 1.89. The number of aryl methyl sites for hydroxylation is 1. The van der Waals surface area contributed by atoms with Crippen molar-refractivity contribution in [3.05, 3.63) is 82.9 Å². The van der Waals surface area contributed by atoms with Gasteiger partial charge in [-0.05, 0) is 55.8 Å². The molecule has 0 unspecified atom stereocenters. The molecule has 8 heteroatoms. The molecule has 35 heavy (non-hydrogen) atoms. The minimum atomic E-state index is -0.878. The van der Waals surface area contributed by atoms with Crippen LogP contribution in [0, 0.1) is 6.92 Å². The predicted molar refractivity (Wildman–Crippen MR) is 129 cm³/mol. The van der Waals surface area contributed by atoms with Gasteiger partial charge in [0, 0.05) is 24.1 Å². The van der Waals surface area contributed by atoms with Crippen LogP contribution in [0.3, 0.4) is 0 Å². The number of fused-ring (bicyclic) bond motifs is 5. The van der Waals surface area contributed by atoms with Crippen LogP contribution in [-0.4, -0.2) is 24.5 Å². The molecule has 0 spiro atoms. The molecule has 3 aliphatic heterocycles. The van der Waals surface area contributed by atoms with Crippen LogP contribution in [0.1, 0.15) is 46.4 Å². The van der Waals surface area contributed by atoms with Crippen LogP contribution in [0.15, 0.2) is 60.7 Å². The van der Waals surface area contributed by atoms with E-state index in [2.05, 4.69) is 16.7 Å². The maximum absolute atomic E-state index is 13.2. The fourth-order valence-corrected chi connectivity index (χ4v) is 5.01. The van der Waals surface area contributed by atoms with Crippen molar-refractivity contribution in [3.63, 3.8) is 0 Å². The second kappa shape index (κ2) is 7.94. The molecule has 0 saturated carbocycles. The molecule has 6 rings (SSSR count). The van der Waals surface area contributed by atoms with Crippen molar-refractivity contribution < 1.29 is 23.8 Å². The van der Waals surface area contributed by atoms with E-state index in [0.29, 0.717) is 35.7 Å². The zero-order valence-corrected chi connectivity index (χ0v) is 19.5. The number of amides is 3. The van der Waals surface area contributed by atoms with Crippen LogP contribution in [-0.2, 0) is 6.54 Å². The molecule has 3 aromatic rings. The number of nitrogens with one attached hydrogen (secondary N) is 2. The number of nitrogens with zero attached hydrogens (tertiary/aromatic N) is 1. The lowest BCUT2D eigenvalue weighted by Crippen LogP contribution is -2.65. The SMILES string of the molecule is Cc1ccc2c(c1)[C@H]1C[C@@](C)(O2)N(c2cccc(C(=O)NCc3ccc4c(c3)OCO4)c2)C(=O)N1. The van der Waals surface area contributed by atoms with Gasteiger partial charge < -0.3 is 24.8 Å². The first-order valence-electron chi connectivity index (χ1n) is 11.6. The molecular weight excluding hydrogens is 446 g/mol. The molecule has 8 nitrogen and oxygen atoms in total. The standard InChI is InChI=1S/C27H25N3O5/c1-16-6-8-22-20(10-16)21-13-27(2,35-22)30(26(32)29-21)19-5-3-4-18(12-19)25(31)28-14-17-7-9-23-24(11-17)34-15-33-23/h3-12,21H,13-15H2,1-2H3,(H,28,31)(H,29,32)/t21-,27-/m1/s1. The molecule has 1 saturated heterocycles. The second-order valence-corrected chi connectivity index (χ2v) is 9.28. The average Bonchev–Trinajstić information content (AvgIpc) is 3.31. The van der Waals surface area contributed by atoms with E-state index in [0.717, 1.165) is 22.4 Å². The van der Waals surface area contributed by atoms with Gasteiger partial charge in [0.25, 0.3) is 5.91 Å². The van der Waals surface area contributed by atoms with Gasteiger partial charge in [-0.3, -0.25) is 9.69 Å². The number of anilines is 1. The number of carbonyl (C=O) groups is 2. The average molecular weight is 472 g/mol. The largest absolute Gasteiger partial charge is 0.467 e. The summed E-state index contributed by atoms with van der Waals surface area (Å²) in [6.07, 6.45) is 0.593. The molecule has 0 aromatic heterocycles. The maximum Gasteiger partial charge on any atom is 0.325 e. The Kier molecular flexibility index (Phi) is 4.84. The molecule has 3 aliphatic rings. The molecule has 0 aliphatic carbocycles. The highest BCUT2D eigenvalue weighted by Crippen LogP contribution is 2.45. The molecule has 2 N–H and O–H groups in total. The summed E-state index contributed by atoms with van der Waals surface area (Å²) >= 11 is 0. The van der Waals surface area contributed by atoms with Crippen molar-refractivity contribution in [2.75, 3.05) is 11.7 Å². The van der Waals surface area contributed by atoms with Crippen LogP contribution in [0.25, 0.3) is 0 Å². The van der Waals surface area contributed by atoms with Crippen molar-refractivity contribution in [2.24, 2.45) is 0 Å². The number of hydrogen-bond acceptors (Lipinski definition) is 5. The van der Waals surface area contributed by atoms with Gasteiger partial charge in [0.05, 0.1) is 11.7 Å². The Morgan fingerprint density at radius 1 is 1.09 bits per heavy atom. The topological polar surface area (TPSA) is 89.1 Å². The highest BCUT2D eigenvalue weighted by atomic mass is 16.7. The predicted octanol–water partition coefficient (Wildman–Crippen LogP) is 4.42. The lowest BCUT2D eigenvalue weighted by atomic mass is 9.89. The number of benzene rings is 3. The van der Waals surface area contributed by atoms with Crippen molar-refractivity contribution in [1.29, 1.82) is 0 Å². The summed E-state index contributed by atoms with van der Waals surface area (Å²) in [6.45, 7) is 4.47. The smallest absolute Gasteiger partial charge is 0.325 e. The monoisotopic (exact) mass is 471 g/mol. The second-order valence-electron chi connectivity index (χ2n) is 9.28. The molecular formula is C27H25N3O5. The van der Waals surface area contributed by atoms with Crippen molar-refractivity contribution in [2.45, 2.75) is 38.6 Å². The summed E-state index contributed by atoms with van der Waals surface area (Å²) < 4.78 is 17.1. The van der Waals surface area contributed by atoms with Crippen LogP contribution >= 0.6 is 0 Å². The van der Waals surface area contributed by atoms with E-state index in [1.54, 1.807) is 23.1 Å². The van der Waals surface area contributed by atoms with E-state index >= 15 is 0 Å². The van der Waals surface area contributed by atoms with Gasteiger partial charge in [0.15, 0.2) is 17.2 Å². The molecule has 3 amide bonds. The molecule has 0 radical (unpaired) electrons. The lowest BCUT2D eigenvalue weighted by Gasteiger charge is -2.50. The Balaban J connectivity index is 1.22. The number of hydrogen-bond donors (Lipinski definition) is 2.